The normalized spacial score (nSPS) is 12.9. The lowest BCUT2D eigenvalue weighted by Crippen LogP contribution is -2.10. The molecule has 2 N–H and O–H groups in total. The maximum atomic E-state index is 11.8. The van der Waals surface area contributed by atoms with Crippen LogP contribution in [0.4, 0.5) is 8.78 Å². The molecule has 0 radical (unpaired) electrons. The Labute approximate surface area is 97.6 Å². The molecule has 0 spiro atoms. The van der Waals surface area contributed by atoms with Crippen molar-refractivity contribution in [3.63, 3.8) is 0 Å². The number of nitrogens with two attached hydrogens (primary N) is 1. The zero-order valence-corrected chi connectivity index (χ0v) is 9.31. The van der Waals surface area contributed by atoms with Gasteiger partial charge in [0.15, 0.2) is 5.82 Å². The number of nitrogens with zero attached hydrogens (tertiary/aromatic N) is 2. The van der Waals surface area contributed by atoms with E-state index < -0.39 is 13.0 Å². The summed E-state index contributed by atoms with van der Waals surface area (Å²) < 4.78 is 33.1. The highest BCUT2D eigenvalue weighted by Gasteiger charge is 2.13. The molecular weight excluding hydrogens is 232 g/mol. The second-order valence-corrected chi connectivity index (χ2v) is 3.40. The fourth-order valence-corrected chi connectivity index (χ4v) is 1.14. The van der Waals surface area contributed by atoms with Gasteiger partial charge in [-0.2, -0.15) is 4.98 Å². The zero-order valence-electron chi connectivity index (χ0n) is 9.31. The molecule has 1 atom stereocenters. The van der Waals surface area contributed by atoms with E-state index in [4.69, 9.17) is 15.0 Å². The van der Waals surface area contributed by atoms with Crippen molar-refractivity contribution in [3.05, 3.63) is 24.4 Å². The third-order valence-corrected chi connectivity index (χ3v) is 1.94. The molecule has 1 rings (SSSR count). The standard InChI is InChI=1S/C10H15F2N3O2/c1-2-3-7(13)10-14-9(15-17-10)4-5-16-6-8(11)12/h2,7-8H,1,3-6,13H2. The molecule has 0 saturated heterocycles. The molecule has 0 bridgehead atoms. The van der Waals surface area contributed by atoms with E-state index in [9.17, 15) is 8.78 Å². The van der Waals surface area contributed by atoms with Gasteiger partial charge in [0, 0.05) is 6.42 Å². The van der Waals surface area contributed by atoms with Crippen LogP contribution in [0.5, 0.6) is 0 Å². The minimum absolute atomic E-state index is 0.125. The van der Waals surface area contributed by atoms with Crippen LogP contribution in [0.1, 0.15) is 24.2 Å². The lowest BCUT2D eigenvalue weighted by molar-refractivity contribution is 0.0182. The average molecular weight is 247 g/mol. The molecule has 1 heterocycles. The number of alkyl halides is 2. The molecule has 1 unspecified atom stereocenters. The van der Waals surface area contributed by atoms with Crippen LogP contribution in [-0.2, 0) is 11.2 Å². The summed E-state index contributed by atoms with van der Waals surface area (Å²) in [5, 5.41) is 3.67. The maximum absolute atomic E-state index is 11.8. The van der Waals surface area contributed by atoms with Gasteiger partial charge in [-0.15, -0.1) is 6.58 Å². The van der Waals surface area contributed by atoms with E-state index in [2.05, 4.69) is 16.7 Å². The van der Waals surface area contributed by atoms with Gasteiger partial charge in [0.1, 0.15) is 6.61 Å². The van der Waals surface area contributed by atoms with Gasteiger partial charge < -0.3 is 15.0 Å². The largest absolute Gasteiger partial charge is 0.375 e. The quantitative estimate of drug-likeness (QED) is 0.556. The van der Waals surface area contributed by atoms with Crippen molar-refractivity contribution in [2.45, 2.75) is 25.3 Å². The second-order valence-electron chi connectivity index (χ2n) is 3.40. The SMILES string of the molecule is C=CCC(N)c1nc(CCOCC(F)F)no1. The Morgan fingerprint density at radius 2 is 2.29 bits per heavy atom. The van der Waals surface area contributed by atoms with Crippen LogP contribution in [0.25, 0.3) is 0 Å². The average Bonchev–Trinajstić information content (AvgIpc) is 2.73. The number of ether oxygens (including phenoxy) is 1. The van der Waals surface area contributed by atoms with Gasteiger partial charge in [-0.05, 0) is 6.42 Å². The van der Waals surface area contributed by atoms with Crippen molar-refractivity contribution in [1.82, 2.24) is 10.1 Å². The number of rotatable bonds is 8. The number of hydrogen-bond donors (Lipinski definition) is 1. The van der Waals surface area contributed by atoms with Crippen molar-refractivity contribution < 1.29 is 18.0 Å². The van der Waals surface area contributed by atoms with E-state index in [0.717, 1.165) is 0 Å². The third kappa shape index (κ3) is 5.01. The molecule has 1 aromatic heterocycles. The van der Waals surface area contributed by atoms with Crippen LogP contribution < -0.4 is 5.73 Å². The monoisotopic (exact) mass is 247 g/mol. The van der Waals surface area contributed by atoms with Crippen molar-refractivity contribution in [2.24, 2.45) is 5.73 Å². The lowest BCUT2D eigenvalue weighted by atomic mass is 10.2. The molecule has 1 aromatic rings. The Balaban J connectivity index is 2.32. The summed E-state index contributed by atoms with van der Waals surface area (Å²) >= 11 is 0. The van der Waals surface area contributed by atoms with Crippen molar-refractivity contribution in [1.29, 1.82) is 0 Å². The molecule has 0 aliphatic heterocycles. The lowest BCUT2D eigenvalue weighted by Gasteiger charge is -2.01. The molecule has 0 saturated carbocycles. The number of hydrogen-bond acceptors (Lipinski definition) is 5. The van der Waals surface area contributed by atoms with Crippen LogP contribution in [0.3, 0.4) is 0 Å². The van der Waals surface area contributed by atoms with E-state index in [1.807, 2.05) is 0 Å². The molecule has 0 fully saturated rings. The van der Waals surface area contributed by atoms with Gasteiger partial charge in [-0.3, -0.25) is 0 Å². The minimum atomic E-state index is -2.46. The van der Waals surface area contributed by atoms with Crippen LogP contribution >= 0.6 is 0 Å². The van der Waals surface area contributed by atoms with E-state index >= 15 is 0 Å². The first-order chi connectivity index (χ1) is 8.13. The van der Waals surface area contributed by atoms with E-state index in [-0.39, 0.29) is 12.6 Å². The summed E-state index contributed by atoms with van der Waals surface area (Å²) in [6.45, 7) is 3.09. The van der Waals surface area contributed by atoms with Gasteiger partial charge in [-0.1, -0.05) is 11.2 Å². The fraction of sp³-hybridized carbons (Fsp3) is 0.600. The summed E-state index contributed by atoms with van der Waals surface area (Å²) in [5.74, 6) is 0.711. The molecule has 96 valence electrons. The molecular formula is C10H15F2N3O2. The predicted molar refractivity (Wildman–Crippen MR) is 56.6 cm³/mol. The highest BCUT2D eigenvalue weighted by Crippen LogP contribution is 2.11. The Hall–Kier alpha value is -1.34. The summed E-state index contributed by atoms with van der Waals surface area (Å²) in [7, 11) is 0. The minimum Gasteiger partial charge on any atom is -0.375 e. The van der Waals surface area contributed by atoms with E-state index in [0.29, 0.717) is 24.6 Å². The van der Waals surface area contributed by atoms with E-state index in [1.165, 1.54) is 0 Å². The summed E-state index contributed by atoms with van der Waals surface area (Å²) in [4.78, 5) is 4.03. The van der Waals surface area contributed by atoms with Crippen LogP contribution in [0.2, 0.25) is 0 Å². The maximum Gasteiger partial charge on any atom is 0.261 e. The van der Waals surface area contributed by atoms with Gasteiger partial charge in [0.05, 0.1) is 12.6 Å². The Bertz CT molecular complexity index is 344. The molecule has 0 aliphatic rings. The topological polar surface area (TPSA) is 74.2 Å². The van der Waals surface area contributed by atoms with Crippen molar-refractivity contribution >= 4 is 0 Å². The third-order valence-electron chi connectivity index (χ3n) is 1.94. The number of halogens is 2. The molecule has 17 heavy (non-hydrogen) atoms. The van der Waals surface area contributed by atoms with Crippen LogP contribution in [-0.4, -0.2) is 29.8 Å². The molecule has 0 amide bonds. The molecule has 0 aromatic carbocycles. The van der Waals surface area contributed by atoms with Gasteiger partial charge >= 0.3 is 0 Å². The molecule has 7 heteroatoms. The molecule has 5 nitrogen and oxygen atoms in total. The first-order valence-electron chi connectivity index (χ1n) is 5.18. The zero-order chi connectivity index (χ0) is 12.7. The highest BCUT2D eigenvalue weighted by atomic mass is 19.3. The Kier molecular flexibility index (Phi) is 5.71. The molecule has 0 aliphatic carbocycles. The van der Waals surface area contributed by atoms with Crippen LogP contribution in [0, 0.1) is 0 Å². The smallest absolute Gasteiger partial charge is 0.261 e. The first kappa shape index (κ1) is 13.7. The summed E-state index contributed by atoms with van der Waals surface area (Å²) in [6, 6.07) is -0.379. The second kappa shape index (κ2) is 7.08. The van der Waals surface area contributed by atoms with Crippen molar-refractivity contribution in [2.75, 3.05) is 13.2 Å². The van der Waals surface area contributed by atoms with Crippen molar-refractivity contribution in [3.8, 4) is 0 Å². The predicted octanol–water partition coefficient (Wildman–Crippen LogP) is 1.47. The Morgan fingerprint density at radius 1 is 1.53 bits per heavy atom. The fourth-order valence-electron chi connectivity index (χ4n) is 1.14. The van der Waals surface area contributed by atoms with E-state index in [1.54, 1.807) is 6.08 Å². The van der Waals surface area contributed by atoms with Gasteiger partial charge in [0.2, 0.25) is 5.89 Å². The number of aromatic nitrogens is 2. The first-order valence-corrected chi connectivity index (χ1v) is 5.18. The Morgan fingerprint density at radius 3 is 2.94 bits per heavy atom. The highest BCUT2D eigenvalue weighted by molar-refractivity contribution is 4.94. The van der Waals surface area contributed by atoms with Gasteiger partial charge in [0.25, 0.3) is 6.43 Å². The summed E-state index contributed by atoms with van der Waals surface area (Å²) in [5.41, 5.74) is 5.72. The van der Waals surface area contributed by atoms with Crippen LogP contribution in [0.15, 0.2) is 17.2 Å². The van der Waals surface area contributed by atoms with Gasteiger partial charge in [-0.25, -0.2) is 8.78 Å². The summed E-state index contributed by atoms with van der Waals surface area (Å²) in [6.07, 6.45) is 0.0396.